The smallest absolute Gasteiger partial charge is 0.255 e. The van der Waals surface area contributed by atoms with E-state index in [1.807, 2.05) is 0 Å². The van der Waals surface area contributed by atoms with E-state index in [0.717, 1.165) is 4.47 Å². The van der Waals surface area contributed by atoms with Crippen molar-refractivity contribution in [2.75, 3.05) is 18.2 Å². The molecule has 0 aliphatic carbocycles. The molecule has 21 heavy (non-hydrogen) atoms. The number of carbonyl (C=O) groups is 1. The van der Waals surface area contributed by atoms with Crippen LogP contribution in [0.3, 0.4) is 0 Å². The van der Waals surface area contributed by atoms with Gasteiger partial charge in [-0.1, -0.05) is 23.2 Å². The van der Waals surface area contributed by atoms with Crippen LogP contribution in [-0.4, -0.2) is 13.0 Å². The van der Waals surface area contributed by atoms with Crippen molar-refractivity contribution in [3.05, 3.63) is 50.4 Å². The van der Waals surface area contributed by atoms with Gasteiger partial charge in [-0.2, -0.15) is 0 Å². The zero-order valence-corrected chi connectivity index (χ0v) is 14.0. The number of carbonyl (C=O) groups excluding carboxylic acids is 1. The summed E-state index contributed by atoms with van der Waals surface area (Å²) in [6.07, 6.45) is 0. The fraction of sp³-hybridized carbons (Fsp3) is 0.0714. The highest BCUT2D eigenvalue weighted by atomic mass is 79.9. The van der Waals surface area contributed by atoms with Gasteiger partial charge in [-0.05, 0) is 40.2 Å². The molecule has 2 aromatic carbocycles. The quantitative estimate of drug-likeness (QED) is 0.754. The number of hydrogen-bond acceptors (Lipinski definition) is 3. The second kappa shape index (κ2) is 6.56. The Balaban J connectivity index is 2.30. The van der Waals surface area contributed by atoms with E-state index < -0.39 is 0 Å². The zero-order chi connectivity index (χ0) is 15.6. The maximum atomic E-state index is 12.3. The number of nitrogens with two attached hydrogens (primary N) is 1. The maximum Gasteiger partial charge on any atom is 0.255 e. The van der Waals surface area contributed by atoms with Crippen LogP contribution in [0.15, 0.2) is 34.8 Å². The molecule has 1 amide bonds. The van der Waals surface area contributed by atoms with Crippen LogP contribution in [0.25, 0.3) is 0 Å². The van der Waals surface area contributed by atoms with E-state index in [2.05, 4.69) is 21.2 Å². The molecular weight excluding hydrogens is 379 g/mol. The fourth-order valence-electron chi connectivity index (χ4n) is 1.66. The van der Waals surface area contributed by atoms with Crippen molar-refractivity contribution in [2.45, 2.75) is 0 Å². The Morgan fingerprint density at radius 2 is 2.00 bits per heavy atom. The number of hydrogen-bond donors (Lipinski definition) is 2. The first-order valence-corrected chi connectivity index (χ1v) is 7.36. The lowest BCUT2D eigenvalue weighted by atomic mass is 10.2. The van der Waals surface area contributed by atoms with E-state index in [9.17, 15) is 4.79 Å². The normalized spacial score (nSPS) is 10.3. The molecule has 0 fully saturated rings. The molecule has 0 spiro atoms. The third kappa shape index (κ3) is 3.61. The van der Waals surface area contributed by atoms with Crippen molar-refractivity contribution in [1.29, 1.82) is 0 Å². The number of nitrogens with one attached hydrogen (secondary N) is 1. The number of amides is 1. The lowest BCUT2D eigenvalue weighted by molar-refractivity contribution is 0.102. The Morgan fingerprint density at radius 3 is 2.62 bits per heavy atom. The molecule has 7 heteroatoms. The third-order valence-electron chi connectivity index (χ3n) is 2.74. The number of nitrogen functional groups attached to an aromatic ring is 1. The highest BCUT2D eigenvalue weighted by molar-refractivity contribution is 9.10. The van der Waals surface area contributed by atoms with Crippen molar-refractivity contribution in [1.82, 2.24) is 0 Å². The number of halogens is 3. The topological polar surface area (TPSA) is 64.3 Å². The summed E-state index contributed by atoms with van der Waals surface area (Å²) in [6.45, 7) is 0. The van der Waals surface area contributed by atoms with Crippen LogP contribution in [0.4, 0.5) is 11.4 Å². The van der Waals surface area contributed by atoms with Crippen molar-refractivity contribution in [3.8, 4) is 5.75 Å². The molecule has 0 bridgehead atoms. The zero-order valence-electron chi connectivity index (χ0n) is 10.9. The summed E-state index contributed by atoms with van der Waals surface area (Å²) in [6, 6.07) is 8.18. The first-order chi connectivity index (χ1) is 9.92. The minimum atomic E-state index is -0.353. The standard InChI is InChI=1S/C14H11BrCl2N2O2/c1-21-8-2-3-9(15)12(6-8)19-14(20)7-4-10(16)13(17)11(18)5-7/h2-6H,18H2,1H3,(H,19,20). The highest BCUT2D eigenvalue weighted by Gasteiger charge is 2.13. The Bertz CT molecular complexity index is 684. The average Bonchev–Trinajstić information content (AvgIpc) is 2.46. The molecule has 0 radical (unpaired) electrons. The van der Waals surface area contributed by atoms with Crippen molar-refractivity contribution < 1.29 is 9.53 Å². The minimum Gasteiger partial charge on any atom is -0.497 e. The van der Waals surface area contributed by atoms with Crippen molar-refractivity contribution in [2.24, 2.45) is 0 Å². The Morgan fingerprint density at radius 1 is 1.29 bits per heavy atom. The van der Waals surface area contributed by atoms with Gasteiger partial charge in [-0.3, -0.25) is 4.79 Å². The molecule has 0 saturated heterocycles. The van der Waals surface area contributed by atoms with Crippen LogP contribution in [0, 0.1) is 0 Å². The molecule has 0 aliphatic heterocycles. The molecule has 0 unspecified atom stereocenters. The van der Waals surface area contributed by atoms with Crippen molar-refractivity contribution in [3.63, 3.8) is 0 Å². The number of rotatable bonds is 3. The average molecular weight is 390 g/mol. The van der Waals surface area contributed by atoms with Gasteiger partial charge in [0.05, 0.1) is 28.5 Å². The molecule has 4 nitrogen and oxygen atoms in total. The predicted octanol–water partition coefficient (Wildman–Crippen LogP) is 4.60. The van der Waals surface area contributed by atoms with Gasteiger partial charge in [0.2, 0.25) is 0 Å². The molecule has 0 atom stereocenters. The second-order valence-electron chi connectivity index (χ2n) is 4.16. The van der Waals surface area contributed by atoms with E-state index in [1.165, 1.54) is 12.1 Å². The minimum absolute atomic E-state index is 0.228. The summed E-state index contributed by atoms with van der Waals surface area (Å²) in [4.78, 5) is 12.3. The van der Waals surface area contributed by atoms with E-state index in [4.69, 9.17) is 33.7 Å². The molecule has 2 aromatic rings. The summed E-state index contributed by atoms with van der Waals surface area (Å²) < 4.78 is 5.85. The van der Waals surface area contributed by atoms with Crippen LogP contribution in [0.1, 0.15) is 10.4 Å². The third-order valence-corrected chi connectivity index (χ3v) is 4.25. The van der Waals surface area contributed by atoms with E-state index in [0.29, 0.717) is 17.0 Å². The number of ether oxygens (including phenoxy) is 1. The first-order valence-electron chi connectivity index (χ1n) is 5.81. The fourth-order valence-corrected chi connectivity index (χ4v) is 2.34. The Hall–Kier alpha value is -1.43. The number of anilines is 2. The van der Waals surface area contributed by atoms with E-state index in [-0.39, 0.29) is 21.6 Å². The van der Waals surface area contributed by atoms with Crippen molar-refractivity contribution >= 4 is 56.4 Å². The van der Waals surface area contributed by atoms with Gasteiger partial charge in [0, 0.05) is 16.1 Å². The Labute approximate surface area is 140 Å². The van der Waals surface area contributed by atoms with Gasteiger partial charge in [0.25, 0.3) is 5.91 Å². The summed E-state index contributed by atoms with van der Waals surface area (Å²) >= 11 is 15.1. The summed E-state index contributed by atoms with van der Waals surface area (Å²) in [5, 5.41) is 3.21. The largest absolute Gasteiger partial charge is 0.497 e. The van der Waals surface area contributed by atoms with Crippen LogP contribution < -0.4 is 15.8 Å². The molecule has 110 valence electrons. The van der Waals surface area contributed by atoms with Gasteiger partial charge < -0.3 is 15.8 Å². The highest BCUT2D eigenvalue weighted by Crippen LogP contribution is 2.31. The van der Waals surface area contributed by atoms with Gasteiger partial charge in [0.1, 0.15) is 5.75 Å². The summed E-state index contributed by atoms with van der Waals surface area (Å²) in [5.74, 6) is 0.274. The second-order valence-corrected chi connectivity index (χ2v) is 5.80. The maximum absolute atomic E-state index is 12.3. The van der Waals surface area contributed by atoms with Crippen LogP contribution in [0.5, 0.6) is 5.75 Å². The van der Waals surface area contributed by atoms with Crippen LogP contribution in [0.2, 0.25) is 10.0 Å². The number of benzene rings is 2. The summed E-state index contributed by atoms with van der Waals surface area (Å²) in [7, 11) is 1.55. The van der Waals surface area contributed by atoms with Crippen LogP contribution >= 0.6 is 39.1 Å². The molecule has 0 aliphatic rings. The van der Waals surface area contributed by atoms with E-state index in [1.54, 1.807) is 25.3 Å². The molecule has 0 heterocycles. The SMILES string of the molecule is COc1ccc(Br)c(NC(=O)c2cc(N)c(Cl)c(Cl)c2)c1. The Kier molecular flexibility index (Phi) is 4.98. The lowest BCUT2D eigenvalue weighted by Gasteiger charge is -2.10. The predicted molar refractivity (Wildman–Crippen MR) is 89.5 cm³/mol. The number of methoxy groups -OCH3 is 1. The molecule has 0 saturated carbocycles. The molecule has 2 rings (SSSR count). The molecule has 0 aromatic heterocycles. The van der Waals surface area contributed by atoms with Gasteiger partial charge in [-0.15, -0.1) is 0 Å². The molecule has 3 N–H and O–H groups in total. The first kappa shape index (κ1) is 15.9. The van der Waals surface area contributed by atoms with Gasteiger partial charge >= 0.3 is 0 Å². The van der Waals surface area contributed by atoms with Gasteiger partial charge in [-0.25, -0.2) is 0 Å². The summed E-state index contributed by atoms with van der Waals surface area (Å²) in [5.41, 5.74) is 6.84. The molecular formula is C14H11BrCl2N2O2. The lowest BCUT2D eigenvalue weighted by Crippen LogP contribution is -2.13. The van der Waals surface area contributed by atoms with E-state index >= 15 is 0 Å². The monoisotopic (exact) mass is 388 g/mol. The van der Waals surface area contributed by atoms with Crippen LogP contribution in [-0.2, 0) is 0 Å². The van der Waals surface area contributed by atoms with Gasteiger partial charge in [0.15, 0.2) is 0 Å².